The Morgan fingerprint density at radius 1 is 0.950 bits per heavy atom. The molecule has 0 aliphatic heterocycles. The van der Waals surface area contributed by atoms with Crippen LogP contribution >= 0.6 is 11.6 Å². The van der Waals surface area contributed by atoms with Crippen LogP contribution in [0.15, 0.2) is 77.7 Å². The quantitative estimate of drug-likeness (QED) is 0.260. The molecular formula is C31H38ClN3O4S. The van der Waals surface area contributed by atoms with Crippen LogP contribution in [0.5, 0.6) is 0 Å². The zero-order valence-electron chi connectivity index (χ0n) is 23.6. The molecule has 0 aliphatic carbocycles. The summed E-state index contributed by atoms with van der Waals surface area (Å²) in [5.41, 5.74) is 2.92. The highest BCUT2D eigenvalue weighted by Gasteiger charge is 2.33. The van der Waals surface area contributed by atoms with Gasteiger partial charge in [0.15, 0.2) is 0 Å². The molecule has 0 spiro atoms. The van der Waals surface area contributed by atoms with Gasteiger partial charge in [0.1, 0.15) is 12.6 Å². The fourth-order valence-electron chi connectivity index (χ4n) is 4.31. The van der Waals surface area contributed by atoms with Crippen LogP contribution < -0.4 is 9.62 Å². The molecule has 3 aromatic rings. The van der Waals surface area contributed by atoms with Gasteiger partial charge in [-0.05, 0) is 68.1 Å². The molecule has 0 saturated carbocycles. The predicted octanol–water partition coefficient (Wildman–Crippen LogP) is 5.74. The van der Waals surface area contributed by atoms with Gasteiger partial charge in [0, 0.05) is 18.1 Å². The molecule has 0 radical (unpaired) electrons. The molecule has 0 aromatic heterocycles. The summed E-state index contributed by atoms with van der Waals surface area (Å²) in [6.07, 6.45) is 2.32. The third-order valence-corrected chi connectivity index (χ3v) is 8.82. The van der Waals surface area contributed by atoms with E-state index in [0.29, 0.717) is 23.7 Å². The first-order valence-electron chi connectivity index (χ1n) is 13.6. The Morgan fingerprint density at radius 3 is 2.23 bits per heavy atom. The van der Waals surface area contributed by atoms with Crippen molar-refractivity contribution < 1.29 is 18.0 Å². The maximum Gasteiger partial charge on any atom is 0.264 e. The van der Waals surface area contributed by atoms with Gasteiger partial charge in [0.2, 0.25) is 11.8 Å². The summed E-state index contributed by atoms with van der Waals surface area (Å²) < 4.78 is 29.2. The molecule has 0 fully saturated rings. The number of para-hydroxylation sites is 1. The Balaban J connectivity index is 2.03. The van der Waals surface area contributed by atoms with Crippen molar-refractivity contribution in [2.75, 3.05) is 17.4 Å². The molecule has 3 rings (SSSR count). The number of sulfonamides is 1. The molecule has 40 heavy (non-hydrogen) atoms. The minimum Gasteiger partial charge on any atom is -0.354 e. The highest BCUT2D eigenvalue weighted by atomic mass is 35.5. The molecule has 7 nitrogen and oxygen atoms in total. The lowest BCUT2D eigenvalue weighted by atomic mass is 10.1. The van der Waals surface area contributed by atoms with Gasteiger partial charge in [-0.15, -0.1) is 0 Å². The SMILES string of the molecule is CCCCNC(=O)C(C)N(Cc1ccc(Cl)cc1)C(=O)CN(c1ccccc1CC)S(=O)(=O)c1ccc(C)cc1. The van der Waals surface area contributed by atoms with Gasteiger partial charge in [-0.3, -0.25) is 13.9 Å². The normalized spacial score (nSPS) is 12.0. The Kier molecular flexibility index (Phi) is 11.2. The van der Waals surface area contributed by atoms with Crippen LogP contribution in [0.1, 0.15) is 50.3 Å². The van der Waals surface area contributed by atoms with E-state index in [0.717, 1.165) is 33.8 Å². The molecular weight excluding hydrogens is 546 g/mol. The van der Waals surface area contributed by atoms with Gasteiger partial charge < -0.3 is 10.2 Å². The summed E-state index contributed by atoms with van der Waals surface area (Å²) >= 11 is 6.06. The molecule has 1 unspecified atom stereocenters. The van der Waals surface area contributed by atoms with Crippen molar-refractivity contribution in [1.82, 2.24) is 10.2 Å². The standard InChI is InChI=1S/C31H38ClN3O4S/c1-5-7-20-33-31(37)24(4)34(21-25-14-16-27(32)17-15-25)30(36)22-35(29-11-9-8-10-26(29)6-2)40(38,39)28-18-12-23(3)13-19-28/h8-19,24H,5-7,20-22H2,1-4H3,(H,33,37). The second-order valence-corrected chi connectivity index (χ2v) is 12.1. The number of benzene rings is 3. The average Bonchev–Trinajstić information content (AvgIpc) is 2.95. The average molecular weight is 584 g/mol. The number of amides is 2. The third-order valence-electron chi connectivity index (χ3n) is 6.79. The van der Waals surface area contributed by atoms with Crippen molar-refractivity contribution in [3.63, 3.8) is 0 Å². The monoisotopic (exact) mass is 583 g/mol. The molecule has 2 amide bonds. The van der Waals surface area contributed by atoms with Gasteiger partial charge in [-0.2, -0.15) is 0 Å². The highest BCUT2D eigenvalue weighted by Crippen LogP contribution is 2.28. The van der Waals surface area contributed by atoms with Crippen LogP contribution in [-0.4, -0.2) is 44.3 Å². The van der Waals surface area contributed by atoms with E-state index in [9.17, 15) is 18.0 Å². The van der Waals surface area contributed by atoms with E-state index in [-0.39, 0.29) is 17.3 Å². The van der Waals surface area contributed by atoms with Crippen molar-refractivity contribution in [1.29, 1.82) is 0 Å². The van der Waals surface area contributed by atoms with E-state index in [1.807, 2.05) is 32.9 Å². The van der Waals surface area contributed by atoms with Crippen LogP contribution in [0, 0.1) is 6.92 Å². The number of unbranched alkanes of at least 4 members (excludes halogenated alkanes) is 1. The van der Waals surface area contributed by atoms with Gasteiger partial charge in [0.25, 0.3) is 10.0 Å². The Labute approximate surface area is 243 Å². The summed E-state index contributed by atoms with van der Waals surface area (Å²) in [5, 5.41) is 3.45. The van der Waals surface area contributed by atoms with Crippen molar-refractivity contribution >= 4 is 39.1 Å². The number of rotatable bonds is 13. The van der Waals surface area contributed by atoms with Gasteiger partial charge in [-0.1, -0.05) is 79.9 Å². The molecule has 0 aliphatic rings. The maximum atomic E-state index is 14.0. The van der Waals surface area contributed by atoms with Crippen molar-refractivity contribution in [3.8, 4) is 0 Å². The number of nitrogens with one attached hydrogen (secondary N) is 1. The lowest BCUT2D eigenvalue weighted by Crippen LogP contribution is -2.51. The van der Waals surface area contributed by atoms with E-state index in [2.05, 4.69) is 5.32 Å². The zero-order chi connectivity index (χ0) is 29.3. The number of hydrogen-bond donors (Lipinski definition) is 1. The first-order valence-corrected chi connectivity index (χ1v) is 15.4. The van der Waals surface area contributed by atoms with Crippen molar-refractivity contribution in [2.45, 2.75) is 64.4 Å². The second-order valence-electron chi connectivity index (χ2n) is 9.78. The molecule has 1 N–H and O–H groups in total. The number of nitrogens with zero attached hydrogens (tertiary/aromatic N) is 2. The topological polar surface area (TPSA) is 86.8 Å². The second kappa shape index (κ2) is 14.3. The minimum atomic E-state index is -4.11. The van der Waals surface area contributed by atoms with E-state index < -0.39 is 28.5 Å². The van der Waals surface area contributed by atoms with Crippen molar-refractivity contribution in [3.05, 3.63) is 94.5 Å². The number of hydrogen-bond acceptors (Lipinski definition) is 4. The molecule has 214 valence electrons. The number of anilines is 1. The fourth-order valence-corrected chi connectivity index (χ4v) is 5.89. The molecule has 3 aromatic carbocycles. The summed E-state index contributed by atoms with van der Waals surface area (Å²) in [6, 6.07) is 19.9. The Bertz CT molecular complexity index is 1390. The predicted molar refractivity (Wildman–Crippen MR) is 161 cm³/mol. The zero-order valence-corrected chi connectivity index (χ0v) is 25.1. The smallest absolute Gasteiger partial charge is 0.264 e. The third kappa shape index (κ3) is 7.86. The number of carbonyl (C=O) groups is 2. The largest absolute Gasteiger partial charge is 0.354 e. The summed E-state index contributed by atoms with van der Waals surface area (Å²) in [6.45, 7) is 7.66. The number of aryl methyl sites for hydroxylation is 2. The molecule has 0 saturated heterocycles. The lowest BCUT2D eigenvalue weighted by molar-refractivity contribution is -0.139. The number of halogens is 1. The lowest BCUT2D eigenvalue weighted by Gasteiger charge is -2.32. The summed E-state index contributed by atoms with van der Waals surface area (Å²) in [5.74, 6) is -0.785. The van der Waals surface area contributed by atoms with Crippen LogP contribution in [0.2, 0.25) is 5.02 Å². The molecule has 1 atom stereocenters. The maximum absolute atomic E-state index is 14.0. The first kappa shape index (κ1) is 31.2. The van der Waals surface area contributed by atoms with E-state index in [4.69, 9.17) is 11.6 Å². The minimum absolute atomic E-state index is 0.0893. The van der Waals surface area contributed by atoms with Crippen LogP contribution in [0.3, 0.4) is 0 Å². The molecule has 0 bridgehead atoms. The van der Waals surface area contributed by atoms with E-state index in [1.54, 1.807) is 67.6 Å². The first-order chi connectivity index (χ1) is 19.1. The Hall–Kier alpha value is -3.36. The van der Waals surface area contributed by atoms with Crippen LogP contribution in [0.25, 0.3) is 0 Å². The van der Waals surface area contributed by atoms with Gasteiger partial charge >= 0.3 is 0 Å². The van der Waals surface area contributed by atoms with Crippen LogP contribution in [-0.2, 0) is 32.6 Å². The van der Waals surface area contributed by atoms with Crippen LogP contribution in [0.4, 0.5) is 5.69 Å². The summed E-state index contributed by atoms with van der Waals surface area (Å²) in [7, 11) is -4.11. The van der Waals surface area contributed by atoms with Gasteiger partial charge in [0.05, 0.1) is 10.6 Å². The van der Waals surface area contributed by atoms with E-state index in [1.165, 1.54) is 4.90 Å². The Morgan fingerprint density at radius 2 is 1.60 bits per heavy atom. The van der Waals surface area contributed by atoms with E-state index >= 15 is 0 Å². The summed E-state index contributed by atoms with van der Waals surface area (Å²) in [4.78, 5) is 28.6. The van der Waals surface area contributed by atoms with Crippen molar-refractivity contribution in [2.24, 2.45) is 0 Å². The van der Waals surface area contributed by atoms with Gasteiger partial charge in [-0.25, -0.2) is 8.42 Å². The molecule has 0 heterocycles. The fraction of sp³-hybridized carbons (Fsp3) is 0.355. The molecule has 9 heteroatoms. The highest BCUT2D eigenvalue weighted by molar-refractivity contribution is 7.92. The number of carbonyl (C=O) groups excluding carboxylic acids is 2.